The maximum Gasteiger partial charge on any atom is 0.163 e. The standard InChI is InChI=1S/C25H24ClFN2O2/c1-14-3-6-18(7-4-14)29-25-19-9-16(5-8-24(19)28-12-20(25)15(2)31)17-10-22(26)21(13-30)23(27)11-17/h5,8-14,18H,3-4,6-7H2,1-2H3,(H,28,29). The van der Waals surface area contributed by atoms with Crippen LogP contribution in [-0.4, -0.2) is 23.1 Å². The van der Waals surface area contributed by atoms with Gasteiger partial charge in [-0.25, -0.2) is 4.39 Å². The first-order valence-electron chi connectivity index (χ1n) is 10.5. The van der Waals surface area contributed by atoms with E-state index < -0.39 is 5.82 Å². The van der Waals surface area contributed by atoms with Gasteiger partial charge in [0, 0.05) is 17.6 Å². The van der Waals surface area contributed by atoms with Crippen LogP contribution >= 0.6 is 11.6 Å². The van der Waals surface area contributed by atoms with Gasteiger partial charge in [-0.1, -0.05) is 24.6 Å². The minimum absolute atomic E-state index is 0.0593. The number of anilines is 1. The Morgan fingerprint density at radius 3 is 2.55 bits per heavy atom. The number of hydrogen-bond acceptors (Lipinski definition) is 4. The molecular formula is C25H24ClFN2O2. The second-order valence-electron chi connectivity index (χ2n) is 8.41. The number of halogens is 2. The second-order valence-corrected chi connectivity index (χ2v) is 8.81. The zero-order chi connectivity index (χ0) is 22.1. The molecule has 31 heavy (non-hydrogen) atoms. The largest absolute Gasteiger partial charge is 0.381 e. The number of benzene rings is 2. The van der Waals surface area contributed by atoms with Crippen LogP contribution in [0, 0.1) is 11.7 Å². The number of ketones is 1. The topological polar surface area (TPSA) is 59.1 Å². The van der Waals surface area contributed by atoms with Gasteiger partial charge in [0.1, 0.15) is 5.82 Å². The summed E-state index contributed by atoms with van der Waals surface area (Å²) >= 11 is 6.10. The lowest BCUT2D eigenvalue weighted by molar-refractivity contribution is 0.101. The number of aldehydes is 1. The van der Waals surface area contributed by atoms with Crippen molar-refractivity contribution >= 4 is 40.3 Å². The summed E-state index contributed by atoms with van der Waals surface area (Å²) in [4.78, 5) is 27.8. The van der Waals surface area contributed by atoms with Crippen LogP contribution in [0.15, 0.2) is 36.5 Å². The summed E-state index contributed by atoms with van der Waals surface area (Å²) in [7, 11) is 0. The molecule has 0 aliphatic heterocycles. The number of rotatable bonds is 5. The van der Waals surface area contributed by atoms with Crippen molar-refractivity contribution < 1.29 is 14.0 Å². The Kier molecular flexibility index (Phi) is 6.05. The molecule has 1 aromatic heterocycles. The van der Waals surface area contributed by atoms with Gasteiger partial charge in [0.25, 0.3) is 0 Å². The van der Waals surface area contributed by atoms with E-state index in [-0.39, 0.29) is 16.4 Å². The third-order valence-corrected chi connectivity index (χ3v) is 6.45. The summed E-state index contributed by atoms with van der Waals surface area (Å²) in [6.45, 7) is 3.81. The molecule has 1 N–H and O–H groups in total. The van der Waals surface area contributed by atoms with Crippen LogP contribution in [0.1, 0.15) is 60.2 Å². The molecule has 3 aromatic rings. The van der Waals surface area contributed by atoms with E-state index in [0.717, 1.165) is 53.8 Å². The van der Waals surface area contributed by atoms with E-state index in [1.165, 1.54) is 13.0 Å². The highest BCUT2D eigenvalue weighted by Gasteiger charge is 2.21. The van der Waals surface area contributed by atoms with E-state index in [1.54, 1.807) is 12.3 Å². The molecule has 0 radical (unpaired) electrons. The molecule has 1 saturated carbocycles. The highest BCUT2D eigenvalue weighted by atomic mass is 35.5. The van der Waals surface area contributed by atoms with Crippen molar-refractivity contribution in [3.05, 3.63) is 58.5 Å². The van der Waals surface area contributed by atoms with E-state index in [0.29, 0.717) is 23.5 Å². The van der Waals surface area contributed by atoms with Crippen molar-refractivity contribution in [2.75, 3.05) is 5.32 Å². The van der Waals surface area contributed by atoms with E-state index in [2.05, 4.69) is 17.2 Å². The highest BCUT2D eigenvalue weighted by molar-refractivity contribution is 6.33. The van der Waals surface area contributed by atoms with E-state index >= 15 is 0 Å². The number of carbonyl (C=O) groups is 2. The molecule has 0 saturated heterocycles. The first kappa shape index (κ1) is 21.4. The summed E-state index contributed by atoms with van der Waals surface area (Å²) < 4.78 is 14.3. The van der Waals surface area contributed by atoms with E-state index in [1.807, 2.05) is 18.2 Å². The number of carbonyl (C=O) groups excluding carboxylic acids is 2. The van der Waals surface area contributed by atoms with Gasteiger partial charge in [-0.3, -0.25) is 14.6 Å². The van der Waals surface area contributed by atoms with Crippen LogP contribution in [0.2, 0.25) is 5.02 Å². The van der Waals surface area contributed by atoms with Crippen LogP contribution in [0.25, 0.3) is 22.0 Å². The van der Waals surface area contributed by atoms with Crippen LogP contribution < -0.4 is 5.32 Å². The van der Waals surface area contributed by atoms with Crippen LogP contribution in [0.5, 0.6) is 0 Å². The summed E-state index contributed by atoms with van der Waals surface area (Å²) in [6, 6.07) is 8.75. The number of nitrogens with zero attached hydrogens (tertiary/aromatic N) is 1. The van der Waals surface area contributed by atoms with E-state index in [4.69, 9.17) is 11.6 Å². The van der Waals surface area contributed by atoms with Gasteiger partial charge in [-0.15, -0.1) is 0 Å². The third kappa shape index (κ3) is 4.33. The third-order valence-electron chi connectivity index (χ3n) is 6.14. The fourth-order valence-corrected chi connectivity index (χ4v) is 4.52. The molecule has 6 heteroatoms. The average molecular weight is 439 g/mol. The second kappa shape index (κ2) is 8.75. The van der Waals surface area contributed by atoms with Gasteiger partial charge >= 0.3 is 0 Å². The maximum absolute atomic E-state index is 14.3. The molecule has 0 spiro atoms. The molecule has 1 fully saturated rings. The van der Waals surface area contributed by atoms with Gasteiger partial charge in [0.2, 0.25) is 0 Å². The Morgan fingerprint density at radius 2 is 1.90 bits per heavy atom. The van der Waals surface area contributed by atoms with Crippen molar-refractivity contribution in [1.82, 2.24) is 4.98 Å². The first-order chi connectivity index (χ1) is 14.9. The number of aromatic nitrogens is 1. The lowest BCUT2D eigenvalue weighted by Crippen LogP contribution is -2.26. The van der Waals surface area contributed by atoms with Gasteiger partial charge in [0.15, 0.2) is 12.1 Å². The Labute approximate surface area is 185 Å². The fraction of sp³-hybridized carbons (Fsp3) is 0.320. The molecule has 0 bridgehead atoms. The van der Waals surface area contributed by atoms with Crippen LogP contribution in [0.3, 0.4) is 0 Å². The monoisotopic (exact) mass is 438 g/mol. The lowest BCUT2D eigenvalue weighted by atomic mass is 9.87. The van der Waals surface area contributed by atoms with Crippen LogP contribution in [0.4, 0.5) is 10.1 Å². The maximum atomic E-state index is 14.3. The van der Waals surface area contributed by atoms with E-state index in [9.17, 15) is 14.0 Å². The van der Waals surface area contributed by atoms with Crippen molar-refractivity contribution in [2.45, 2.75) is 45.6 Å². The number of Topliss-reactive ketones (excluding diaryl/α,β-unsaturated/α-hetero) is 1. The van der Waals surface area contributed by atoms with Crippen molar-refractivity contribution in [2.24, 2.45) is 5.92 Å². The van der Waals surface area contributed by atoms with Gasteiger partial charge in [-0.05, 0) is 73.9 Å². The highest BCUT2D eigenvalue weighted by Crippen LogP contribution is 2.35. The number of hydrogen-bond donors (Lipinski definition) is 1. The molecule has 1 aliphatic carbocycles. The smallest absolute Gasteiger partial charge is 0.163 e. The predicted octanol–water partition coefficient (Wildman–Crippen LogP) is 6.70. The summed E-state index contributed by atoms with van der Waals surface area (Å²) in [5.41, 5.74) is 3.20. The number of pyridine rings is 1. The van der Waals surface area contributed by atoms with Gasteiger partial charge in [0.05, 0.1) is 27.4 Å². The zero-order valence-corrected chi connectivity index (χ0v) is 18.3. The first-order valence-corrected chi connectivity index (χ1v) is 10.9. The molecule has 0 atom stereocenters. The fourth-order valence-electron chi connectivity index (χ4n) is 4.27. The Bertz CT molecular complexity index is 1150. The Hall–Kier alpha value is -2.79. The molecule has 2 aromatic carbocycles. The van der Waals surface area contributed by atoms with Gasteiger partial charge in [-0.2, -0.15) is 0 Å². The summed E-state index contributed by atoms with van der Waals surface area (Å²) in [6.07, 6.45) is 6.45. The van der Waals surface area contributed by atoms with Crippen molar-refractivity contribution in [3.63, 3.8) is 0 Å². The van der Waals surface area contributed by atoms with Crippen molar-refractivity contribution in [3.8, 4) is 11.1 Å². The SMILES string of the molecule is CC(=O)c1cnc2ccc(-c3cc(F)c(C=O)c(Cl)c3)cc2c1NC1CCC(C)CC1. The molecule has 4 nitrogen and oxygen atoms in total. The lowest BCUT2D eigenvalue weighted by Gasteiger charge is -2.29. The van der Waals surface area contributed by atoms with Crippen molar-refractivity contribution in [1.29, 1.82) is 0 Å². The van der Waals surface area contributed by atoms with Gasteiger partial charge < -0.3 is 5.32 Å². The molecule has 1 heterocycles. The average Bonchev–Trinajstić information content (AvgIpc) is 2.74. The molecule has 1 aliphatic rings. The Balaban J connectivity index is 1.82. The molecule has 0 amide bonds. The minimum Gasteiger partial charge on any atom is -0.381 e. The zero-order valence-electron chi connectivity index (χ0n) is 17.5. The van der Waals surface area contributed by atoms with Crippen LogP contribution in [-0.2, 0) is 0 Å². The molecule has 160 valence electrons. The molecular weight excluding hydrogens is 415 g/mol. The summed E-state index contributed by atoms with van der Waals surface area (Å²) in [5.74, 6) is -0.00103. The number of fused-ring (bicyclic) bond motifs is 1. The molecule has 4 rings (SSSR count). The Morgan fingerprint density at radius 1 is 1.16 bits per heavy atom. The number of nitrogens with one attached hydrogen (secondary N) is 1. The quantitative estimate of drug-likeness (QED) is 0.355. The summed E-state index contributed by atoms with van der Waals surface area (Å²) in [5, 5.41) is 4.48. The minimum atomic E-state index is -0.664. The molecule has 0 unspecified atom stereocenters. The predicted molar refractivity (Wildman–Crippen MR) is 123 cm³/mol. The normalized spacial score (nSPS) is 18.7.